The molecule has 3 rings (SSSR count). The van der Waals surface area contributed by atoms with Crippen molar-refractivity contribution < 1.29 is 0 Å². The number of pyridine rings is 2. The van der Waals surface area contributed by atoms with Crippen LogP contribution in [0.15, 0.2) is 35.1 Å². The van der Waals surface area contributed by atoms with E-state index in [1.807, 2.05) is 36.7 Å². The molecule has 0 radical (unpaired) electrons. The van der Waals surface area contributed by atoms with E-state index < -0.39 is 0 Å². The third-order valence-corrected chi connectivity index (χ3v) is 3.19. The Labute approximate surface area is 113 Å². The summed E-state index contributed by atoms with van der Waals surface area (Å²) in [6.45, 7) is 4.02. The maximum Gasteiger partial charge on any atom is 0.114 e. The lowest BCUT2D eigenvalue weighted by atomic mass is 10.3. The number of hydrogen-bond donors (Lipinski definition) is 0. The molecule has 0 atom stereocenters. The first-order valence-electron chi connectivity index (χ1n) is 5.59. The molecule has 0 N–H and O–H groups in total. The predicted octanol–water partition coefficient (Wildman–Crippen LogP) is 3.19. The average Bonchev–Trinajstić information content (AvgIpc) is 2.67. The van der Waals surface area contributed by atoms with Crippen molar-refractivity contribution in [1.82, 2.24) is 19.7 Å². The van der Waals surface area contributed by atoms with Crippen LogP contribution in [-0.4, -0.2) is 19.7 Å². The number of nitrogens with zero attached hydrogens (tertiary/aromatic N) is 4. The highest BCUT2D eigenvalue weighted by Crippen LogP contribution is 2.22. The molecule has 0 aliphatic carbocycles. The zero-order chi connectivity index (χ0) is 12.7. The zero-order valence-electron chi connectivity index (χ0n) is 10.1. The van der Waals surface area contributed by atoms with Crippen molar-refractivity contribution in [1.29, 1.82) is 0 Å². The summed E-state index contributed by atoms with van der Waals surface area (Å²) in [7, 11) is 0. The molecular weight excluding hydrogens is 292 g/mol. The van der Waals surface area contributed by atoms with E-state index in [2.05, 4.69) is 31.0 Å². The lowest BCUT2D eigenvalue weighted by Crippen LogP contribution is -2.01. The minimum absolute atomic E-state index is 0.854. The highest BCUT2D eigenvalue weighted by molar-refractivity contribution is 9.10. The van der Waals surface area contributed by atoms with E-state index in [4.69, 9.17) is 0 Å². The van der Waals surface area contributed by atoms with Gasteiger partial charge in [-0.1, -0.05) is 0 Å². The van der Waals surface area contributed by atoms with Gasteiger partial charge in [0.15, 0.2) is 0 Å². The fraction of sp³-hybridized carbons (Fsp3) is 0.154. The second-order valence-corrected chi connectivity index (χ2v) is 5.11. The molecule has 3 aromatic rings. The number of fused-ring (bicyclic) bond motifs is 1. The van der Waals surface area contributed by atoms with Gasteiger partial charge in [0.1, 0.15) is 5.52 Å². The zero-order valence-corrected chi connectivity index (χ0v) is 11.6. The number of aromatic nitrogens is 4. The highest BCUT2D eigenvalue weighted by Gasteiger charge is 2.09. The molecule has 0 unspecified atom stereocenters. The maximum absolute atomic E-state index is 4.49. The summed E-state index contributed by atoms with van der Waals surface area (Å²) in [6.07, 6.45) is 3.56. The lowest BCUT2D eigenvalue weighted by Gasteiger charge is -2.07. The summed E-state index contributed by atoms with van der Waals surface area (Å²) in [4.78, 5) is 8.77. The molecule has 0 fully saturated rings. The standard InChI is InChI=1S/C13H11BrN4/c1-8-5-9(2)18(17-8)12-3-4-15-11-6-10(14)7-16-13(11)12/h3-7H,1-2H3. The van der Waals surface area contributed by atoms with Gasteiger partial charge in [-0.25, -0.2) is 4.68 Å². The van der Waals surface area contributed by atoms with Crippen LogP contribution < -0.4 is 0 Å². The van der Waals surface area contributed by atoms with E-state index in [1.165, 1.54) is 0 Å². The smallest absolute Gasteiger partial charge is 0.114 e. The fourth-order valence-electron chi connectivity index (χ4n) is 2.04. The molecule has 3 heterocycles. The molecule has 0 amide bonds. The van der Waals surface area contributed by atoms with E-state index in [0.29, 0.717) is 0 Å². The number of halogens is 1. The van der Waals surface area contributed by atoms with Crippen LogP contribution in [0.25, 0.3) is 16.7 Å². The summed E-state index contributed by atoms with van der Waals surface area (Å²) >= 11 is 3.41. The molecule has 0 bridgehead atoms. The van der Waals surface area contributed by atoms with Gasteiger partial charge < -0.3 is 0 Å². The van der Waals surface area contributed by atoms with Crippen molar-refractivity contribution in [2.45, 2.75) is 13.8 Å². The van der Waals surface area contributed by atoms with Crippen LogP contribution in [0, 0.1) is 13.8 Å². The van der Waals surface area contributed by atoms with Gasteiger partial charge in [-0.15, -0.1) is 0 Å². The first-order chi connectivity index (χ1) is 8.65. The third kappa shape index (κ3) is 1.80. The van der Waals surface area contributed by atoms with Crippen LogP contribution in [0.3, 0.4) is 0 Å². The molecule has 4 nitrogen and oxygen atoms in total. The average molecular weight is 303 g/mol. The van der Waals surface area contributed by atoms with E-state index in [9.17, 15) is 0 Å². The molecule has 0 saturated carbocycles. The van der Waals surface area contributed by atoms with Crippen molar-refractivity contribution in [3.8, 4) is 5.69 Å². The first-order valence-corrected chi connectivity index (χ1v) is 6.38. The van der Waals surface area contributed by atoms with Crippen molar-refractivity contribution >= 4 is 27.0 Å². The molecule has 90 valence electrons. The van der Waals surface area contributed by atoms with Crippen LogP contribution in [0.1, 0.15) is 11.4 Å². The Morgan fingerprint density at radius 2 is 2.00 bits per heavy atom. The van der Waals surface area contributed by atoms with Crippen molar-refractivity contribution in [2.75, 3.05) is 0 Å². The van der Waals surface area contributed by atoms with Gasteiger partial charge in [0.25, 0.3) is 0 Å². The van der Waals surface area contributed by atoms with Gasteiger partial charge >= 0.3 is 0 Å². The monoisotopic (exact) mass is 302 g/mol. The molecule has 0 aromatic carbocycles. The third-order valence-electron chi connectivity index (χ3n) is 2.76. The molecule has 5 heteroatoms. The van der Waals surface area contributed by atoms with E-state index in [-0.39, 0.29) is 0 Å². The molecule has 0 aliphatic heterocycles. The van der Waals surface area contributed by atoms with E-state index >= 15 is 0 Å². The van der Waals surface area contributed by atoms with Gasteiger partial charge in [0.2, 0.25) is 0 Å². The highest BCUT2D eigenvalue weighted by atomic mass is 79.9. The van der Waals surface area contributed by atoms with Crippen LogP contribution in [0.5, 0.6) is 0 Å². The molecule has 0 aliphatic rings. The van der Waals surface area contributed by atoms with Crippen LogP contribution in [0.4, 0.5) is 0 Å². The number of aryl methyl sites for hydroxylation is 2. The van der Waals surface area contributed by atoms with E-state index in [1.54, 1.807) is 12.4 Å². The Morgan fingerprint density at radius 3 is 2.72 bits per heavy atom. The Morgan fingerprint density at radius 1 is 1.17 bits per heavy atom. The summed E-state index contributed by atoms with van der Waals surface area (Å²) < 4.78 is 2.83. The number of rotatable bonds is 1. The largest absolute Gasteiger partial charge is 0.254 e. The van der Waals surface area contributed by atoms with E-state index in [0.717, 1.165) is 32.6 Å². The summed E-state index contributed by atoms with van der Waals surface area (Å²) in [6, 6.07) is 5.94. The molecule has 3 aromatic heterocycles. The van der Waals surface area contributed by atoms with Crippen molar-refractivity contribution in [3.05, 3.63) is 46.5 Å². The minimum Gasteiger partial charge on any atom is -0.254 e. The Kier molecular flexibility index (Phi) is 2.63. The van der Waals surface area contributed by atoms with Crippen LogP contribution in [0.2, 0.25) is 0 Å². The Balaban J connectivity index is 2.32. The van der Waals surface area contributed by atoms with Gasteiger partial charge in [-0.3, -0.25) is 9.97 Å². The topological polar surface area (TPSA) is 43.6 Å². The summed E-state index contributed by atoms with van der Waals surface area (Å²) in [5.41, 5.74) is 4.75. The molecule has 18 heavy (non-hydrogen) atoms. The molecule has 0 saturated heterocycles. The normalized spacial score (nSPS) is 11.1. The summed E-state index contributed by atoms with van der Waals surface area (Å²) in [5, 5.41) is 4.49. The van der Waals surface area contributed by atoms with Gasteiger partial charge in [-0.2, -0.15) is 5.10 Å². The van der Waals surface area contributed by atoms with Crippen molar-refractivity contribution in [2.24, 2.45) is 0 Å². The lowest BCUT2D eigenvalue weighted by molar-refractivity contribution is 0.836. The van der Waals surface area contributed by atoms with Gasteiger partial charge in [-0.05, 0) is 48.0 Å². The quantitative estimate of drug-likeness (QED) is 0.693. The second kappa shape index (κ2) is 4.17. The van der Waals surface area contributed by atoms with Crippen molar-refractivity contribution in [3.63, 3.8) is 0 Å². The minimum atomic E-state index is 0.854. The number of hydrogen-bond acceptors (Lipinski definition) is 3. The Hall–Kier alpha value is -1.75. The SMILES string of the molecule is Cc1cc(C)n(-c2ccnc3cc(Br)cnc23)n1. The molecule has 0 spiro atoms. The predicted molar refractivity (Wildman–Crippen MR) is 73.8 cm³/mol. The maximum atomic E-state index is 4.49. The van der Waals surface area contributed by atoms with Crippen LogP contribution >= 0.6 is 15.9 Å². The molecular formula is C13H11BrN4. The second-order valence-electron chi connectivity index (χ2n) is 4.19. The van der Waals surface area contributed by atoms with Crippen LogP contribution in [-0.2, 0) is 0 Å². The fourth-order valence-corrected chi connectivity index (χ4v) is 2.35. The Bertz CT molecular complexity index is 733. The summed E-state index contributed by atoms with van der Waals surface area (Å²) in [5.74, 6) is 0. The van der Waals surface area contributed by atoms with Gasteiger partial charge in [0.05, 0.1) is 16.9 Å². The first kappa shape index (κ1) is 11.3. The van der Waals surface area contributed by atoms with Gasteiger partial charge in [0, 0.05) is 22.6 Å².